The zero-order valence-electron chi connectivity index (χ0n) is 16.1. The van der Waals surface area contributed by atoms with Crippen molar-refractivity contribution in [3.63, 3.8) is 0 Å². The molecule has 158 valence electrons. The lowest BCUT2D eigenvalue weighted by atomic mass is 9.93. The minimum Gasteiger partial charge on any atom is -0.506 e. The van der Waals surface area contributed by atoms with Gasteiger partial charge in [-0.1, -0.05) is 0 Å². The summed E-state index contributed by atoms with van der Waals surface area (Å²) in [5, 5.41) is 24.4. The molecule has 1 saturated carbocycles. The molecule has 0 radical (unpaired) electrons. The highest BCUT2D eigenvalue weighted by atomic mass is 19.1. The van der Waals surface area contributed by atoms with Gasteiger partial charge in [0.2, 0.25) is 5.43 Å². The lowest BCUT2D eigenvalue weighted by Crippen LogP contribution is -2.41. The molecular formula is C20H21FN4O5. The van der Waals surface area contributed by atoms with Crippen molar-refractivity contribution in [3.05, 3.63) is 38.8 Å². The van der Waals surface area contributed by atoms with E-state index in [2.05, 4.69) is 5.29 Å². The van der Waals surface area contributed by atoms with E-state index < -0.39 is 28.5 Å². The summed E-state index contributed by atoms with van der Waals surface area (Å²) in [5.41, 5.74) is -1.26. The molecule has 2 atom stereocenters. The Bertz CT molecular complexity index is 1130. The van der Waals surface area contributed by atoms with E-state index >= 15 is 4.39 Å². The molecule has 30 heavy (non-hydrogen) atoms. The normalized spacial score (nSPS) is 23.6. The Kier molecular flexibility index (Phi) is 4.19. The summed E-state index contributed by atoms with van der Waals surface area (Å²) in [4.78, 5) is 37.0. The molecule has 1 aromatic carbocycles. The molecule has 0 amide bonds. The lowest BCUT2D eigenvalue weighted by Gasteiger charge is -2.31. The number of nitrogens with zero attached hydrogens (tertiary/aromatic N) is 4. The second-order valence-corrected chi connectivity index (χ2v) is 8.39. The van der Waals surface area contributed by atoms with Crippen LogP contribution in [0.3, 0.4) is 0 Å². The van der Waals surface area contributed by atoms with Crippen LogP contribution in [-0.2, 0) is 0 Å². The van der Waals surface area contributed by atoms with Crippen molar-refractivity contribution < 1.29 is 19.4 Å². The molecular weight excluding hydrogens is 395 g/mol. The van der Waals surface area contributed by atoms with Crippen LogP contribution in [0.15, 0.2) is 22.3 Å². The number of pyridine rings is 1. The van der Waals surface area contributed by atoms with Crippen LogP contribution in [0.2, 0.25) is 0 Å². The van der Waals surface area contributed by atoms with Gasteiger partial charge in [-0.05, 0) is 31.7 Å². The van der Waals surface area contributed by atoms with Crippen LogP contribution in [0, 0.1) is 16.6 Å². The number of hydrogen-bond donors (Lipinski definition) is 2. The van der Waals surface area contributed by atoms with Crippen molar-refractivity contribution in [2.75, 3.05) is 24.5 Å². The van der Waals surface area contributed by atoms with Crippen LogP contribution in [0.1, 0.15) is 42.1 Å². The summed E-state index contributed by atoms with van der Waals surface area (Å²) in [5.74, 6) is -2.40. The van der Waals surface area contributed by atoms with E-state index in [0.717, 1.165) is 25.7 Å². The van der Waals surface area contributed by atoms with E-state index in [4.69, 9.17) is 0 Å². The van der Waals surface area contributed by atoms with Crippen molar-refractivity contribution >= 4 is 22.6 Å². The Morgan fingerprint density at radius 3 is 2.67 bits per heavy atom. The number of hydrogen-bond acceptors (Lipinski definition) is 6. The predicted molar refractivity (Wildman–Crippen MR) is 106 cm³/mol. The monoisotopic (exact) mass is 416 g/mol. The lowest BCUT2D eigenvalue weighted by molar-refractivity contribution is 0.0694. The molecule has 2 aliphatic heterocycles. The maximum atomic E-state index is 15.8. The zero-order valence-corrected chi connectivity index (χ0v) is 16.1. The third-order valence-corrected chi connectivity index (χ3v) is 6.55. The third kappa shape index (κ3) is 2.73. The van der Waals surface area contributed by atoms with Gasteiger partial charge < -0.3 is 19.7 Å². The summed E-state index contributed by atoms with van der Waals surface area (Å²) in [7, 11) is 0. The number of aromatic carboxylic acids is 1. The molecule has 1 aliphatic carbocycles. The molecule has 0 spiro atoms. The highest BCUT2D eigenvalue weighted by Crippen LogP contribution is 2.43. The Hall–Kier alpha value is -3.17. The number of carboxylic acids is 1. The number of carbonyl (C=O) groups is 1. The number of halogens is 1. The molecule has 5 rings (SSSR count). The van der Waals surface area contributed by atoms with Crippen LogP contribution in [0.5, 0.6) is 5.75 Å². The maximum absolute atomic E-state index is 15.8. The number of fused-ring (bicyclic) bond motifs is 2. The van der Waals surface area contributed by atoms with Gasteiger partial charge in [0.15, 0.2) is 5.82 Å². The largest absolute Gasteiger partial charge is 0.506 e. The van der Waals surface area contributed by atoms with E-state index in [-0.39, 0.29) is 34.6 Å². The molecule has 3 aliphatic rings. The quantitative estimate of drug-likeness (QED) is 0.736. The van der Waals surface area contributed by atoms with Crippen LogP contribution >= 0.6 is 0 Å². The number of phenolic OH excluding ortho intramolecular Hbond substituents is 1. The number of nitroso groups, excluding NO2 is 1. The first-order valence-corrected chi connectivity index (χ1v) is 10.1. The van der Waals surface area contributed by atoms with E-state index in [1.54, 1.807) is 4.90 Å². The van der Waals surface area contributed by atoms with Gasteiger partial charge in [0.1, 0.15) is 17.0 Å². The highest BCUT2D eigenvalue weighted by molar-refractivity contribution is 5.95. The second-order valence-electron chi connectivity index (χ2n) is 8.39. The summed E-state index contributed by atoms with van der Waals surface area (Å²) < 4.78 is 17.3. The first-order chi connectivity index (χ1) is 14.4. The van der Waals surface area contributed by atoms with Gasteiger partial charge in [-0.15, -0.1) is 4.91 Å². The molecule has 0 bridgehead atoms. The molecule has 1 aromatic heterocycles. The first-order valence-electron chi connectivity index (χ1n) is 10.1. The van der Waals surface area contributed by atoms with E-state index in [1.165, 1.54) is 21.8 Å². The Morgan fingerprint density at radius 2 is 2.00 bits per heavy atom. The Morgan fingerprint density at radius 1 is 1.23 bits per heavy atom. The van der Waals surface area contributed by atoms with Crippen LogP contribution in [0.4, 0.5) is 10.1 Å². The van der Waals surface area contributed by atoms with Gasteiger partial charge in [-0.25, -0.2) is 9.18 Å². The van der Waals surface area contributed by atoms with Crippen LogP contribution in [-0.4, -0.2) is 51.4 Å². The fraction of sp³-hybridized carbons (Fsp3) is 0.500. The van der Waals surface area contributed by atoms with E-state index in [9.17, 15) is 24.7 Å². The van der Waals surface area contributed by atoms with Gasteiger partial charge in [0.25, 0.3) is 0 Å². The summed E-state index contributed by atoms with van der Waals surface area (Å²) in [6.07, 6.45) is 4.45. The number of carboxylic acid groups (broad SMARTS) is 1. The SMILES string of the molecule is O=NN1CCC[C@H]2CN(c3c(O)cc4c(=O)c(C(=O)O)cn(C5CC5)c4c3F)C[C@H]21. The van der Waals surface area contributed by atoms with Crippen molar-refractivity contribution in [1.82, 2.24) is 9.58 Å². The summed E-state index contributed by atoms with van der Waals surface area (Å²) >= 11 is 0. The topological polar surface area (TPSA) is 115 Å². The summed E-state index contributed by atoms with van der Waals surface area (Å²) in [6, 6.07) is 0.943. The van der Waals surface area contributed by atoms with E-state index in [0.29, 0.717) is 19.6 Å². The van der Waals surface area contributed by atoms with Gasteiger partial charge in [-0.2, -0.15) is 0 Å². The Labute approximate surface area is 170 Å². The summed E-state index contributed by atoms with van der Waals surface area (Å²) in [6.45, 7) is 1.37. The molecule has 9 nitrogen and oxygen atoms in total. The number of aromatic nitrogens is 1. The minimum absolute atomic E-state index is 0.0142. The van der Waals surface area contributed by atoms with Crippen LogP contribution in [0.25, 0.3) is 10.9 Å². The number of anilines is 1. The number of piperidine rings is 1. The minimum atomic E-state index is -1.38. The molecule has 10 heteroatoms. The molecule has 2 saturated heterocycles. The zero-order chi connectivity index (χ0) is 21.2. The van der Waals surface area contributed by atoms with Crippen molar-refractivity contribution in [1.29, 1.82) is 0 Å². The standard InChI is InChI=1S/C20H21FN4O5/c21-16-17-12(19(27)13(20(28)29)8-24(17)11-3-4-11)6-15(26)18(16)23-7-10-2-1-5-25(22-30)14(10)9-23/h6,8,10-11,14,26H,1-5,7,9H2,(H,28,29)/t10-,14+/m0/s1. The van der Waals surface area contributed by atoms with E-state index in [1.807, 2.05) is 0 Å². The Balaban J connectivity index is 1.67. The van der Waals surface area contributed by atoms with Crippen molar-refractivity contribution in [3.8, 4) is 5.75 Å². The molecule has 3 fully saturated rings. The fourth-order valence-electron chi connectivity index (χ4n) is 4.98. The fourth-order valence-corrected chi connectivity index (χ4v) is 4.98. The molecule has 2 N–H and O–H groups in total. The molecule has 0 unspecified atom stereocenters. The number of aromatic hydroxyl groups is 1. The van der Waals surface area contributed by atoms with Crippen molar-refractivity contribution in [2.45, 2.75) is 37.8 Å². The third-order valence-electron chi connectivity index (χ3n) is 6.55. The van der Waals surface area contributed by atoms with Gasteiger partial charge in [-0.3, -0.25) is 9.80 Å². The predicted octanol–water partition coefficient (Wildman–Crippen LogP) is 2.46. The van der Waals surface area contributed by atoms with Gasteiger partial charge >= 0.3 is 5.97 Å². The van der Waals surface area contributed by atoms with Gasteiger partial charge in [0.05, 0.1) is 22.2 Å². The second kappa shape index (κ2) is 6.68. The highest BCUT2D eigenvalue weighted by Gasteiger charge is 2.41. The van der Waals surface area contributed by atoms with Crippen LogP contribution < -0.4 is 10.3 Å². The first kappa shape index (κ1) is 18.8. The van der Waals surface area contributed by atoms with Gasteiger partial charge in [0, 0.05) is 37.8 Å². The molecule has 3 heterocycles. The maximum Gasteiger partial charge on any atom is 0.341 e. The smallest absolute Gasteiger partial charge is 0.341 e. The molecule has 2 aromatic rings. The number of rotatable bonds is 4. The van der Waals surface area contributed by atoms with Crippen molar-refractivity contribution in [2.24, 2.45) is 11.2 Å². The average Bonchev–Trinajstić information content (AvgIpc) is 3.46. The number of benzene rings is 1. The average molecular weight is 416 g/mol. The number of phenols is 1.